The Hall–Kier alpha value is -7.21. The number of hydrogen-bond acceptors (Lipinski definition) is 4. The lowest BCUT2D eigenvalue weighted by Gasteiger charge is -2.38. The summed E-state index contributed by atoms with van der Waals surface area (Å²) in [4.78, 5) is 16.2. The highest BCUT2D eigenvalue weighted by molar-refractivity contribution is 7.25. The Bertz CT molecular complexity index is 3090. The second kappa shape index (κ2) is 13.5. The van der Waals surface area contributed by atoms with Gasteiger partial charge in [-0.2, -0.15) is 9.97 Å². The van der Waals surface area contributed by atoms with Crippen LogP contribution in [0.5, 0.6) is 0 Å². The molecule has 0 radical (unpaired) electrons. The van der Waals surface area contributed by atoms with E-state index >= 15 is 0 Å². The van der Waals surface area contributed by atoms with Crippen molar-refractivity contribution in [3.8, 4) is 28.7 Å². The Morgan fingerprint density at radius 2 is 0.877 bits per heavy atom. The monoisotopic (exact) mass is 746 g/mol. The molecule has 0 saturated heterocycles. The van der Waals surface area contributed by atoms with Crippen molar-refractivity contribution in [1.29, 1.82) is 0 Å². The highest BCUT2D eigenvalue weighted by atomic mass is 32.1. The Labute approximate surface area is 334 Å². The molecule has 0 saturated carbocycles. The maximum absolute atomic E-state index is 5.47. The van der Waals surface area contributed by atoms with Crippen LogP contribution in [0.3, 0.4) is 0 Å². The van der Waals surface area contributed by atoms with Gasteiger partial charge in [-0.15, -0.1) is 11.3 Å². The molecule has 0 aliphatic heterocycles. The van der Waals surface area contributed by atoms with E-state index in [1.807, 2.05) is 0 Å². The standard InChI is InChI=1S/C52H34N4S/c1-4-18-36(19-5-1)52(37-20-6-2-7-21-37,38-22-8-3-9-23-38)44-28-14-10-27-43(44)50-53-49(35-32-33-42-41-26-13-17-31-47(41)57-48(42)34-35)54-51(55-50)56-45-29-15-11-24-39(45)40-25-12-16-30-46(40)56/h1-34H. The van der Waals surface area contributed by atoms with Gasteiger partial charge in [-0.25, -0.2) is 4.98 Å². The quantitative estimate of drug-likeness (QED) is 0.153. The third-order valence-corrected chi connectivity index (χ3v) is 12.4. The fourth-order valence-corrected chi connectivity index (χ4v) is 9.90. The van der Waals surface area contributed by atoms with E-state index in [4.69, 9.17) is 15.0 Å². The molecule has 0 atom stereocenters. The molecule has 0 unspecified atom stereocenters. The molecule has 11 rings (SSSR count). The van der Waals surface area contributed by atoms with Crippen LogP contribution in [0.4, 0.5) is 0 Å². The normalized spacial score (nSPS) is 11.9. The molecule has 0 bridgehead atoms. The van der Waals surface area contributed by atoms with E-state index in [-0.39, 0.29) is 0 Å². The highest BCUT2D eigenvalue weighted by Crippen LogP contribution is 2.48. The van der Waals surface area contributed by atoms with Crippen LogP contribution in [0.25, 0.3) is 70.7 Å². The molecular weight excluding hydrogens is 713 g/mol. The summed E-state index contributed by atoms with van der Waals surface area (Å²) in [7, 11) is 0. The molecule has 0 aliphatic rings. The number of nitrogens with zero attached hydrogens (tertiary/aromatic N) is 4. The zero-order valence-corrected chi connectivity index (χ0v) is 31.6. The van der Waals surface area contributed by atoms with Crippen LogP contribution in [0.2, 0.25) is 0 Å². The fourth-order valence-electron chi connectivity index (χ4n) is 8.75. The Kier molecular flexibility index (Phi) is 7.86. The second-order valence-corrected chi connectivity index (χ2v) is 15.4. The molecule has 0 spiro atoms. The van der Waals surface area contributed by atoms with Gasteiger partial charge in [-0.1, -0.05) is 182 Å². The summed E-state index contributed by atoms with van der Waals surface area (Å²) in [5, 5.41) is 4.80. The van der Waals surface area contributed by atoms with Gasteiger partial charge in [0, 0.05) is 42.1 Å². The van der Waals surface area contributed by atoms with E-state index in [0.717, 1.165) is 55.2 Å². The zero-order chi connectivity index (χ0) is 37.8. The van der Waals surface area contributed by atoms with Gasteiger partial charge >= 0.3 is 0 Å². The van der Waals surface area contributed by atoms with Crippen LogP contribution in [-0.2, 0) is 5.41 Å². The summed E-state index contributed by atoms with van der Waals surface area (Å²) in [6.45, 7) is 0. The summed E-state index contributed by atoms with van der Waals surface area (Å²) in [5.41, 5.74) is 7.81. The average Bonchev–Trinajstić information content (AvgIpc) is 3.83. The van der Waals surface area contributed by atoms with Crippen molar-refractivity contribution in [2.24, 2.45) is 0 Å². The summed E-state index contributed by atoms with van der Waals surface area (Å²) in [5.74, 6) is 1.80. The van der Waals surface area contributed by atoms with Gasteiger partial charge in [0.05, 0.1) is 16.4 Å². The number of benzene rings is 8. The van der Waals surface area contributed by atoms with Crippen molar-refractivity contribution in [3.63, 3.8) is 0 Å². The molecule has 268 valence electrons. The molecular formula is C52H34N4S. The molecule has 3 aromatic heterocycles. The molecule has 11 aromatic rings. The Balaban J connectivity index is 1.23. The van der Waals surface area contributed by atoms with Crippen molar-refractivity contribution in [3.05, 3.63) is 229 Å². The fraction of sp³-hybridized carbons (Fsp3) is 0.0192. The van der Waals surface area contributed by atoms with Crippen LogP contribution in [-0.4, -0.2) is 19.5 Å². The van der Waals surface area contributed by atoms with Crippen LogP contribution in [0, 0.1) is 0 Å². The van der Waals surface area contributed by atoms with E-state index in [1.165, 1.54) is 20.2 Å². The van der Waals surface area contributed by atoms with Gasteiger partial charge < -0.3 is 0 Å². The molecule has 4 nitrogen and oxygen atoms in total. The number of thiophene rings is 1. The van der Waals surface area contributed by atoms with Crippen molar-refractivity contribution in [1.82, 2.24) is 19.5 Å². The molecule has 0 aliphatic carbocycles. The lowest BCUT2D eigenvalue weighted by molar-refractivity contribution is 0.745. The lowest BCUT2D eigenvalue weighted by atomic mass is 9.64. The van der Waals surface area contributed by atoms with Crippen LogP contribution < -0.4 is 0 Å². The Morgan fingerprint density at radius 1 is 0.386 bits per heavy atom. The average molecular weight is 747 g/mol. The van der Waals surface area contributed by atoms with E-state index in [9.17, 15) is 0 Å². The zero-order valence-electron chi connectivity index (χ0n) is 30.8. The molecule has 5 heteroatoms. The minimum atomic E-state index is -0.698. The third kappa shape index (κ3) is 5.31. The predicted molar refractivity (Wildman–Crippen MR) is 236 cm³/mol. The first-order chi connectivity index (χ1) is 28.3. The van der Waals surface area contributed by atoms with E-state index in [1.54, 1.807) is 11.3 Å². The summed E-state index contributed by atoms with van der Waals surface area (Å²) >= 11 is 1.80. The number of fused-ring (bicyclic) bond motifs is 6. The van der Waals surface area contributed by atoms with Crippen molar-refractivity contribution in [2.45, 2.75) is 5.41 Å². The molecule has 0 N–H and O–H groups in total. The van der Waals surface area contributed by atoms with Crippen LogP contribution >= 0.6 is 11.3 Å². The van der Waals surface area contributed by atoms with E-state index < -0.39 is 5.41 Å². The first-order valence-corrected chi connectivity index (χ1v) is 20.0. The minimum Gasteiger partial charge on any atom is -0.278 e. The smallest absolute Gasteiger partial charge is 0.238 e. The minimum absolute atomic E-state index is 0.573. The highest BCUT2D eigenvalue weighted by Gasteiger charge is 2.40. The van der Waals surface area contributed by atoms with Gasteiger partial charge in [0.25, 0.3) is 0 Å². The predicted octanol–water partition coefficient (Wildman–Crippen LogP) is 13.1. The van der Waals surface area contributed by atoms with Gasteiger partial charge in [-0.3, -0.25) is 4.57 Å². The van der Waals surface area contributed by atoms with Crippen molar-refractivity contribution < 1.29 is 0 Å². The van der Waals surface area contributed by atoms with Gasteiger partial charge in [0.1, 0.15) is 0 Å². The van der Waals surface area contributed by atoms with Gasteiger partial charge in [-0.05, 0) is 46.5 Å². The molecule has 0 fully saturated rings. The number of rotatable bonds is 7. The van der Waals surface area contributed by atoms with Gasteiger partial charge in [0.2, 0.25) is 5.95 Å². The SMILES string of the molecule is c1ccc(C(c2ccccc2)(c2ccccc2)c2ccccc2-c2nc(-c3ccc4c(c3)sc3ccccc34)nc(-n3c4ccccc4c4ccccc43)n2)cc1. The van der Waals surface area contributed by atoms with E-state index in [0.29, 0.717) is 17.6 Å². The molecule has 3 heterocycles. The summed E-state index contributed by atoms with van der Waals surface area (Å²) in [6.07, 6.45) is 0. The van der Waals surface area contributed by atoms with Gasteiger partial charge in [0.15, 0.2) is 11.6 Å². The second-order valence-electron chi connectivity index (χ2n) is 14.4. The Morgan fingerprint density at radius 3 is 1.51 bits per heavy atom. The maximum atomic E-state index is 5.47. The van der Waals surface area contributed by atoms with Crippen molar-refractivity contribution >= 4 is 53.3 Å². The summed E-state index contributed by atoms with van der Waals surface area (Å²) < 4.78 is 4.66. The first kappa shape index (κ1) is 33.2. The molecule has 57 heavy (non-hydrogen) atoms. The van der Waals surface area contributed by atoms with Crippen LogP contribution in [0.15, 0.2) is 206 Å². The number of hydrogen-bond donors (Lipinski definition) is 0. The number of aromatic nitrogens is 4. The molecule has 0 amide bonds. The van der Waals surface area contributed by atoms with Crippen LogP contribution in [0.1, 0.15) is 22.3 Å². The lowest BCUT2D eigenvalue weighted by Crippen LogP contribution is -2.31. The van der Waals surface area contributed by atoms with Crippen molar-refractivity contribution in [2.75, 3.05) is 0 Å². The number of para-hydroxylation sites is 2. The summed E-state index contributed by atoms with van der Waals surface area (Å²) in [6, 6.07) is 73.3. The molecule has 8 aromatic carbocycles. The maximum Gasteiger partial charge on any atom is 0.238 e. The largest absolute Gasteiger partial charge is 0.278 e. The third-order valence-electron chi connectivity index (χ3n) is 11.2. The first-order valence-electron chi connectivity index (χ1n) is 19.2. The topological polar surface area (TPSA) is 43.6 Å². The van der Waals surface area contributed by atoms with E-state index in [2.05, 4.69) is 211 Å².